The molecule has 2 aliphatic rings. The average molecular weight is 460 g/mol. The van der Waals surface area contributed by atoms with Gasteiger partial charge >= 0.3 is 0 Å². The van der Waals surface area contributed by atoms with Crippen LogP contribution in [0.3, 0.4) is 0 Å². The Morgan fingerprint density at radius 2 is 1.97 bits per heavy atom. The summed E-state index contributed by atoms with van der Waals surface area (Å²) in [6, 6.07) is 11.6. The quantitative estimate of drug-likeness (QED) is 0.681. The van der Waals surface area contributed by atoms with Gasteiger partial charge in [0.15, 0.2) is 6.10 Å². The molecule has 6 nitrogen and oxygen atoms in total. The number of hydrogen-bond acceptors (Lipinski definition) is 4. The second-order valence-corrected chi connectivity index (χ2v) is 8.57. The first-order valence-electron chi connectivity index (χ1n) is 11.0. The molecule has 2 atom stereocenters. The highest BCUT2D eigenvalue weighted by Gasteiger charge is 2.32. The summed E-state index contributed by atoms with van der Waals surface area (Å²) < 4.78 is 20.3. The van der Waals surface area contributed by atoms with Gasteiger partial charge in [-0.3, -0.25) is 14.5 Å². The Balaban J connectivity index is 1.42. The molecule has 0 aliphatic carbocycles. The first kappa shape index (κ1) is 22.6. The lowest BCUT2D eigenvalue weighted by molar-refractivity contribution is -0.125. The smallest absolute Gasteiger partial charge is 0.267 e. The second-order valence-electron chi connectivity index (χ2n) is 8.17. The van der Waals surface area contributed by atoms with E-state index in [2.05, 4.69) is 10.2 Å². The van der Waals surface area contributed by atoms with Crippen molar-refractivity contribution in [1.82, 2.24) is 10.2 Å². The van der Waals surface area contributed by atoms with Crippen LogP contribution in [0.1, 0.15) is 37.8 Å². The number of likely N-dealkylation sites (tertiary alicyclic amines) is 1. The van der Waals surface area contributed by atoms with Crippen molar-refractivity contribution in [2.45, 2.75) is 38.3 Å². The molecule has 0 radical (unpaired) electrons. The van der Waals surface area contributed by atoms with Gasteiger partial charge in [0, 0.05) is 30.1 Å². The van der Waals surface area contributed by atoms with Crippen molar-refractivity contribution in [2.24, 2.45) is 0 Å². The average Bonchev–Trinajstić information content (AvgIpc) is 3.30. The van der Waals surface area contributed by atoms with Gasteiger partial charge in [-0.05, 0) is 57.1 Å². The molecular formula is C24H27ClFN3O3. The number of carbonyl (C=O) groups excluding carboxylic acids is 2. The Bertz CT molecular complexity index is 976. The summed E-state index contributed by atoms with van der Waals surface area (Å²) in [6.45, 7) is 3.86. The molecule has 1 N–H and O–H groups in total. The minimum absolute atomic E-state index is 0.129. The number of amides is 2. The molecule has 4 rings (SSSR count). The summed E-state index contributed by atoms with van der Waals surface area (Å²) in [7, 11) is 0. The summed E-state index contributed by atoms with van der Waals surface area (Å²) in [5.74, 6) is -0.118. The normalized spacial score (nSPS) is 19.4. The fourth-order valence-electron chi connectivity index (χ4n) is 4.40. The van der Waals surface area contributed by atoms with Crippen molar-refractivity contribution in [3.05, 3.63) is 58.9 Å². The fraction of sp³-hybridized carbons (Fsp3) is 0.417. The number of fused-ring (bicyclic) bond motifs is 1. The summed E-state index contributed by atoms with van der Waals surface area (Å²) >= 11 is 6.32. The minimum Gasteiger partial charge on any atom is -0.479 e. The van der Waals surface area contributed by atoms with E-state index < -0.39 is 6.10 Å². The summed E-state index contributed by atoms with van der Waals surface area (Å²) in [5.41, 5.74) is 1.08. The first-order chi connectivity index (χ1) is 15.5. The van der Waals surface area contributed by atoms with Crippen molar-refractivity contribution in [1.29, 1.82) is 0 Å². The van der Waals surface area contributed by atoms with Gasteiger partial charge in [0.2, 0.25) is 5.91 Å². The number of nitrogens with one attached hydrogen (secondary N) is 1. The third kappa shape index (κ3) is 4.74. The van der Waals surface area contributed by atoms with E-state index in [9.17, 15) is 14.0 Å². The maximum Gasteiger partial charge on any atom is 0.267 e. The molecule has 0 spiro atoms. The number of halogens is 2. The van der Waals surface area contributed by atoms with Crippen molar-refractivity contribution in [2.75, 3.05) is 31.1 Å². The van der Waals surface area contributed by atoms with E-state index in [1.165, 1.54) is 6.07 Å². The van der Waals surface area contributed by atoms with Crippen LogP contribution in [0.4, 0.5) is 10.1 Å². The van der Waals surface area contributed by atoms with Gasteiger partial charge in [0.25, 0.3) is 5.91 Å². The highest BCUT2D eigenvalue weighted by atomic mass is 35.5. The molecule has 0 saturated carbocycles. The van der Waals surface area contributed by atoms with Crippen molar-refractivity contribution >= 4 is 29.1 Å². The fourth-order valence-corrected chi connectivity index (χ4v) is 4.69. The van der Waals surface area contributed by atoms with Crippen LogP contribution in [0, 0.1) is 5.82 Å². The van der Waals surface area contributed by atoms with Gasteiger partial charge in [-0.2, -0.15) is 0 Å². The van der Waals surface area contributed by atoms with Crippen LogP contribution in [-0.2, 0) is 9.59 Å². The molecule has 2 unspecified atom stereocenters. The standard InChI is InChI=1S/C24H27ClFN3O3/c1-16-24(31)29(19-9-2-3-10-21(19)32-16)14-11-22(30)27-15-20(28-12-4-5-13-28)23-17(25)7-6-8-18(23)26/h2-3,6-10,16,20H,4-5,11-15H2,1H3,(H,27,30). The number of ether oxygens (including phenoxy) is 1. The number of hydrogen-bond donors (Lipinski definition) is 1. The lowest BCUT2D eigenvalue weighted by atomic mass is 10.0. The molecular weight excluding hydrogens is 433 g/mol. The molecule has 170 valence electrons. The molecule has 2 heterocycles. The monoisotopic (exact) mass is 459 g/mol. The third-order valence-corrected chi connectivity index (χ3v) is 6.37. The number of anilines is 1. The summed E-state index contributed by atoms with van der Waals surface area (Å²) in [5, 5.41) is 3.29. The van der Waals surface area contributed by atoms with Crippen LogP contribution < -0.4 is 15.0 Å². The largest absolute Gasteiger partial charge is 0.479 e. The van der Waals surface area contributed by atoms with E-state index in [0.29, 0.717) is 22.0 Å². The molecule has 2 aromatic rings. The van der Waals surface area contributed by atoms with E-state index in [4.69, 9.17) is 16.3 Å². The maximum absolute atomic E-state index is 14.6. The highest BCUT2D eigenvalue weighted by molar-refractivity contribution is 6.31. The Hall–Kier alpha value is -2.64. The van der Waals surface area contributed by atoms with E-state index in [0.717, 1.165) is 25.9 Å². The molecule has 32 heavy (non-hydrogen) atoms. The van der Waals surface area contributed by atoms with Crippen molar-refractivity contribution in [3.63, 3.8) is 0 Å². The van der Waals surface area contributed by atoms with E-state index in [1.807, 2.05) is 18.2 Å². The van der Waals surface area contributed by atoms with Crippen LogP contribution in [0.15, 0.2) is 42.5 Å². The molecule has 0 bridgehead atoms. The second kappa shape index (κ2) is 9.88. The van der Waals surface area contributed by atoms with Gasteiger partial charge in [-0.15, -0.1) is 0 Å². The Labute approximate surface area is 192 Å². The number of nitrogens with zero attached hydrogens (tertiary/aromatic N) is 2. The van der Waals surface area contributed by atoms with Crippen LogP contribution in [0.25, 0.3) is 0 Å². The molecule has 8 heteroatoms. The highest BCUT2D eigenvalue weighted by Crippen LogP contribution is 2.34. The predicted molar refractivity (Wildman–Crippen MR) is 121 cm³/mol. The number of benzene rings is 2. The van der Waals surface area contributed by atoms with E-state index >= 15 is 0 Å². The molecule has 1 saturated heterocycles. The minimum atomic E-state index is -0.601. The van der Waals surface area contributed by atoms with E-state index in [1.54, 1.807) is 30.0 Å². The summed E-state index contributed by atoms with van der Waals surface area (Å²) in [6.07, 6.45) is 1.60. The summed E-state index contributed by atoms with van der Waals surface area (Å²) in [4.78, 5) is 29.0. The topological polar surface area (TPSA) is 61.9 Å². The van der Waals surface area contributed by atoms with Crippen molar-refractivity contribution < 1.29 is 18.7 Å². The number of rotatable bonds is 7. The first-order valence-corrected chi connectivity index (χ1v) is 11.3. The zero-order valence-electron chi connectivity index (χ0n) is 18.0. The lowest BCUT2D eigenvalue weighted by Gasteiger charge is -2.33. The Morgan fingerprint density at radius 1 is 1.22 bits per heavy atom. The molecule has 0 aromatic heterocycles. The number of carbonyl (C=O) groups is 2. The molecule has 2 aromatic carbocycles. The molecule has 2 aliphatic heterocycles. The van der Waals surface area contributed by atoms with Crippen LogP contribution in [-0.4, -0.2) is 49.0 Å². The van der Waals surface area contributed by atoms with E-state index in [-0.39, 0.29) is 43.2 Å². The lowest BCUT2D eigenvalue weighted by Crippen LogP contribution is -2.46. The Kier molecular flexibility index (Phi) is 6.96. The van der Waals surface area contributed by atoms with Gasteiger partial charge in [0.1, 0.15) is 11.6 Å². The SMILES string of the molecule is CC1Oc2ccccc2N(CCC(=O)NCC(c2c(F)cccc2Cl)N2CCCC2)C1=O. The molecule has 2 amide bonds. The van der Waals surface area contributed by atoms with Crippen LogP contribution in [0.2, 0.25) is 5.02 Å². The van der Waals surface area contributed by atoms with Gasteiger partial charge in [0.05, 0.1) is 11.7 Å². The Morgan fingerprint density at radius 3 is 2.72 bits per heavy atom. The van der Waals surface area contributed by atoms with Crippen LogP contribution >= 0.6 is 11.6 Å². The van der Waals surface area contributed by atoms with Gasteiger partial charge in [-0.1, -0.05) is 29.8 Å². The van der Waals surface area contributed by atoms with Crippen LogP contribution in [0.5, 0.6) is 5.75 Å². The third-order valence-electron chi connectivity index (χ3n) is 6.04. The van der Waals surface area contributed by atoms with Gasteiger partial charge < -0.3 is 15.0 Å². The van der Waals surface area contributed by atoms with Crippen molar-refractivity contribution in [3.8, 4) is 5.75 Å². The van der Waals surface area contributed by atoms with Gasteiger partial charge in [-0.25, -0.2) is 4.39 Å². The number of para-hydroxylation sites is 2. The maximum atomic E-state index is 14.6. The zero-order valence-corrected chi connectivity index (χ0v) is 18.8. The molecule has 1 fully saturated rings. The predicted octanol–water partition coefficient (Wildman–Crippen LogP) is 3.94. The zero-order chi connectivity index (χ0) is 22.7.